The first-order chi connectivity index (χ1) is 11.6. The van der Waals surface area contributed by atoms with Gasteiger partial charge in [0.15, 0.2) is 0 Å². The number of carbonyl (C=O) groups is 2. The molecule has 1 unspecified atom stereocenters. The van der Waals surface area contributed by atoms with Crippen LogP contribution in [0.1, 0.15) is 6.42 Å². The van der Waals surface area contributed by atoms with E-state index in [2.05, 4.69) is 15.0 Å². The Kier molecular flexibility index (Phi) is 3.22. The van der Waals surface area contributed by atoms with E-state index in [1.54, 1.807) is 18.3 Å². The normalized spacial score (nSPS) is 20.2. The van der Waals surface area contributed by atoms with Crippen LogP contribution in [0.3, 0.4) is 0 Å². The molecular weight excluding hydrogens is 309 g/mol. The molecule has 1 fully saturated rings. The van der Waals surface area contributed by atoms with Gasteiger partial charge >= 0.3 is 5.97 Å². The van der Waals surface area contributed by atoms with E-state index >= 15 is 0 Å². The second kappa shape index (κ2) is 5.29. The molecule has 0 bridgehead atoms. The Bertz CT molecular complexity index is 900. The number of aliphatic carboxylic acids is 1. The highest BCUT2D eigenvalue weighted by molar-refractivity contribution is 6.42. The summed E-state index contributed by atoms with van der Waals surface area (Å²) in [4.78, 5) is 39.6. The number of benzene rings is 1. The number of carboxylic acids is 1. The minimum Gasteiger partial charge on any atom is -0.480 e. The molecule has 0 aliphatic carbocycles. The number of amides is 1. The van der Waals surface area contributed by atoms with Crippen molar-refractivity contribution in [3.8, 4) is 0 Å². The Labute approximate surface area is 138 Å². The highest BCUT2D eigenvalue weighted by Crippen LogP contribution is 2.27. The number of rotatable bonds is 2. The van der Waals surface area contributed by atoms with Crippen LogP contribution < -0.4 is 10.4 Å². The third-order valence-corrected chi connectivity index (χ3v) is 4.22. The molecule has 2 aromatic rings. The first kappa shape index (κ1) is 14.6. The quantitative estimate of drug-likeness (QED) is 0.733. The lowest BCUT2D eigenvalue weighted by atomic mass is 9.90. The molecule has 4 rings (SSSR count). The van der Waals surface area contributed by atoms with E-state index in [1.165, 1.54) is 16.0 Å². The van der Waals surface area contributed by atoms with Gasteiger partial charge in [0, 0.05) is 24.6 Å². The van der Waals surface area contributed by atoms with Gasteiger partial charge in [0.2, 0.25) is 11.9 Å². The van der Waals surface area contributed by atoms with Crippen LogP contribution in [-0.2, 0) is 9.59 Å². The highest BCUT2D eigenvalue weighted by atomic mass is 16.4. The summed E-state index contributed by atoms with van der Waals surface area (Å²) in [6.45, 7) is 0.890. The first-order valence-electron chi connectivity index (χ1n) is 7.44. The van der Waals surface area contributed by atoms with Crippen LogP contribution in [0.25, 0.3) is 11.0 Å². The fraction of sp³-hybridized carbons (Fsp3) is 0.267. The molecule has 3 heterocycles. The predicted octanol–water partition coefficient (Wildman–Crippen LogP) is -0.715. The summed E-state index contributed by atoms with van der Waals surface area (Å²) in [5.74, 6) is -1.01. The Morgan fingerprint density at radius 3 is 2.88 bits per heavy atom. The van der Waals surface area contributed by atoms with Crippen LogP contribution in [0.2, 0.25) is 0 Å². The number of fused-ring (bicyclic) bond motifs is 2. The third-order valence-electron chi connectivity index (χ3n) is 4.22. The maximum atomic E-state index is 12.2. The number of carbonyl (C=O) groups excluding carboxylic acids is 1. The molecule has 0 saturated carbocycles. The van der Waals surface area contributed by atoms with Crippen molar-refractivity contribution < 1.29 is 14.7 Å². The van der Waals surface area contributed by atoms with Gasteiger partial charge in [-0.15, -0.1) is 0 Å². The molecule has 2 radical (unpaired) electrons. The average Bonchev–Trinajstić information content (AvgIpc) is 3.06. The zero-order valence-electron chi connectivity index (χ0n) is 12.6. The summed E-state index contributed by atoms with van der Waals surface area (Å²) in [6, 6.07) is 2.36. The molecule has 2 aliphatic heterocycles. The van der Waals surface area contributed by atoms with E-state index in [9.17, 15) is 14.7 Å². The third kappa shape index (κ3) is 2.04. The van der Waals surface area contributed by atoms with Gasteiger partial charge in [-0.3, -0.25) is 29.6 Å². The second-order valence-electron chi connectivity index (χ2n) is 5.58. The molecular formula is C15H12BN5O3. The Hall–Kier alpha value is -2.97. The molecule has 1 amide bonds. The lowest BCUT2D eigenvalue weighted by Crippen LogP contribution is -2.59. The van der Waals surface area contributed by atoms with Gasteiger partial charge < -0.3 is 5.11 Å². The molecule has 1 atom stereocenters. The predicted molar refractivity (Wildman–Crippen MR) is 87.5 cm³/mol. The summed E-state index contributed by atoms with van der Waals surface area (Å²) in [6.07, 6.45) is 2.95. The van der Waals surface area contributed by atoms with Gasteiger partial charge in [0.25, 0.3) is 0 Å². The van der Waals surface area contributed by atoms with E-state index in [-0.39, 0.29) is 12.3 Å². The zero-order chi connectivity index (χ0) is 16.8. The van der Waals surface area contributed by atoms with Gasteiger partial charge in [0.1, 0.15) is 13.9 Å². The van der Waals surface area contributed by atoms with Gasteiger partial charge in [-0.1, -0.05) is 0 Å². The number of anilines is 1. The molecule has 1 aromatic carbocycles. The molecule has 1 aromatic heterocycles. The number of carboxylic acid groups (broad SMARTS) is 1. The van der Waals surface area contributed by atoms with Crippen molar-refractivity contribution in [2.75, 3.05) is 18.0 Å². The van der Waals surface area contributed by atoms with Crippen LogP contribution in [0.15, 0.2) is 29.5 Å². The maximum Gasteiger partial charge on any atom is 0.327 e. The SMILES string of the molecule is [B]c1c(N2C3=NCCN3C(=O)CC2C(=O)O)ccc2nccnc12. The fourth-order valence-electron chi connectivity index (χ4n) is 3.11. The van der Waals surface area contributed by atoms with Crippen molar-refractivity contribution in [1.29, 1.82) is 0 Å². The standard InChI is InChI=1S/C15H12BN5O3/c16-12-9(2-1-8-13(12)18-4-3-17-8)21-10(14(23)24)7-11(22)20-6-5-19-15(20)21/h1-4,10H,5-7H2,(H,23,24). The molecule has 24 heavy (non-hydrogen) atoms. The number of aliphatic imine (C=N–C) groups is 1. The minimum absolute atomic E-state index is 0.133. The summed E-state index contributed by atoms with van der Waals surface area (Å²) < 4.78 is 0. The van der Waals surface area contributed by atoms with Crippen LogP contribution >= 0.6 is 0 Å². The highest BCUT2D eigenvalue weighted by Gasteiger charge is 2.43. The Morgan fingerprint density at radius 1 is 1.29 bits per heavy atom. The van der Waals surface area contributed by atoms with Crippen LogP contribution in [0.5, 0.6) is 0 Å². The van der Waals surface area contributed by atoms with Gasteiger partial charge in [-0.25, -0.2) is 4.79 Å². The van der Waals surface area contributed by atoms with E-state index in [0.29, 0.717) is 41.2 Å². The lowest BCUT2D eigenvalue weighted by molar-refractivity contribution is -0.142. The molecule has 1 saturated heterocycles. The van der Waals surface area contributed by atoms with E-state index in [1.807, 2.05) is 0 Å². The van der Waals surface area contributed by atoms with Crippen molar-refractivity contribution in [2.24, 2.45) is 4.99 Å². The van der Waals surface area contributed by atoms with Crippen molar-refractivity contribution in [3.05, 3.63) is 24.5 Å². The number of nitrogens with zero attached hydrogens (tertiary/aromatic N) is 5. The molecule has 118 valence electrons. The summed E-state index contributed by atoms with van der Waals surface area (Å²) in [7, 11) is 6.23. The smallest absolute Gasteiger partial charge is 0.327 e. The number of hydrogen-bond donors (Lipinski definition) is 1. The minimum atomic E-state index is -1.10. The molecule has 2 aliphatic rings. The molecule has 9 heteroatoms. The monoisotopic (exact) mass is 321 g/mol. The molecule has 0 spiro atoms. The first-order valence-corrected chi connectivity index (χ1v) is 7.44. The second-order valence-corrected chi connectivity index (χ2v) is 5.58. The summed E-state index contributed by atoms with van der Waals surface area (Å²) >= 11 is 0. The van der Waals surface area contributed by atoms with Gasteiger partial charge in [-0.05, 0) is 17.6 Å². The largest absolute Gasteiger partial charge is 0.480 e. The van der Waals surface area contributed by atoms with E-state index in [4.69, 9.17) is 7.85 Å². The number of aromatic nitrogens is 2. The van der Waals surface area contributed by atoms with Gasteiger partial charge in [0.05, 0.1) is 24.0 Å². The van der Waals surface area contributed by atoms with Crippen molar-refractivity contribution >= 4 is 47.9 Å². The lowest BCUT2D eigenvalue weighted by Gasteiger charge is -2.39. The Balaban J connectivity index is 1.90. The maximum absolute atomic E-state index is 12.2. The molecule has 1 N–H and O–H groups in total. The zero-order valence-corrected chi connectivity index (χ0v) is 12.6. The fourth-order valence-corrected chi connectivity index (χ4v) is 3.11. The topological polar surface area (TPSA) is 99.0 Å². The van der Waals surface area contributed by atoms with Crippen LogP contribution in [-0.4, -0.2) is 64.8 Å². The van der Waals surface area contributed by atoms with Gasteiger partial charge in [-0.2, -0.15) is 0 Å². The summed E-state index contributed by atoms with van der Waals surface area (Å²) in [5, 5.41) is 9.58. The molecule has 8 nitrogen and oxygen atoms in total. The van der Waals surface area contributed by atoms with Crippen molar-refractivity contribution in [3.63, 3.8) is 0 Å². The van der Waals surface area contributed by atoms with E-state index in [0.717, 1.165) is 0 Å². The average molecular weight is 321 g/mol. The van der Waals surface area contributed by atoms with Crippen molar-refractivity contribution in [2.45, 2.75) is 12.5 Å². The van der Waals surface area contributed by atoms with Crippen LogP contribution in [0, 0.1) is 0 Å². The van der Waals surface area contributed by atoms with E-state index < -0.39 is 12.0 Å². The Morgan fingerprint density at radius 2 is 2.08 bits per heavy atom. The number of hydrogen-bond acceptors (Lipinski definition) is 6. The van der Waals surface area contributed by atoms with Crippen molar-refractivity contribution in [1.82, 2.24) is 14.9 Å². The van der Waals surface area contributed by atoms with Crippen LogP contribution in [0.4, 0.5) is 5.69 Å². The summed E-state index contributed by atoms with van der Waals surface area (Å²) in [5.41, 5.74) is 1.88. The number of guanidine groups is 1.